The molecule has 0 aliphatic rings. The fraction of sp³-hybridized carbons (Fsp3) is 0.136. The van der Waals surface area contributed by atoms with Gasteiger partial charge in [-0.2, -0.15) is 0 Å². The number of carbonyl (C=O) groups excluding carboxylic acids is 1. The maximum atomic E-state index is 13.2. The molecule has 4 aromatic rings. The van der Waals surface area contributed by atoms with Crippen LogP contribution >= 0.6 is 0 Å². The Morgan fingerprint density at radius 1 is 1.04 bits per heavy atom. The van der Waals surface area contributed by atoms with E-state index in [1.165, 1.54) is 11.1 Å². The number of aromatic nitrogens is 1. The monoisotopic (exact) mass is 344 g/mol. The highest BCUT2D eigenvalue weighted by Crippen LogP contribution is 2.25. The lowest BCUT2D eigenvalue weighted by molar-refractivity contribution is 0.0985. The second kappa shape index (κ2) is 6.56. The van der Waals surface area contributed by atoms with Crippen LogP contribution < -0.4 is 4.90 Å². The number of hydrogen-bond acceptors (Lipinski definition) is 2. The lowest BCUT2D eigenvalue weighted by Crippen LogP contribution is -2.28. The Bertz CT molecular complexity index is 1060. The molecule has 2 aromatic carbocycles. The molecule has 0 spiro atoms. The molecule has 0 unspecified atom stereocenters. The summed E-state index contributed by atoms with van der Waals surface area (Å²) in [6.45, 7) is 2.71. The van der Waals surface area contributed by atoms with Gasteiger partial charge in [0.25, 0.3) is 5.91 Å². The zero-order chi connectivity index (χ0) is 18.1. The van der Waals surface area contributed by atoms with Crippen molar-refractivity contribution in [1.82, 2.24) is 4.57 Å². The molecule has 1 amide bonds. The molecule has 4 heteroatoms. The van der Waals surface area contributed by atoms with Crippen LogP contribution in [0.3, 0.4) is 0 Å². The Balaban J connectivity index is 1.77. The average Bonchev–Trinajstić information content (AvgIpc) is 3.25. The van der Waals surface area contributed by atoms with E-state index < -0.39 is 0 Å². The molecular formula is C22H20N2O2. The number of furan rings is 1. The van der Waals surface area contributed by atoms with Crippen LogP contribution in [0, 0.1) is 6.92 Å². The predicted molar refractivity (Wildman–Crippen MR) is 104 cm³/mol. The summed E-state index contributed by atoms with van der Waals surface area (Å²) >= 11 is 0. The maximum absolute atomic E-state index is 13.2. The number of carbonyl (C=O) groups is 1. The third-order valence-corrected chi connectivity index (χ3v) is 4.78. The molecular weight excluding hydrogens is 324 g/mol. The topological polar surface area (TPSA) is 38.4 Å². The second-order valence-electron chi connectivity index (χ2n) is 6.41. The number of hydrogen-bond donors (Lipinski definition) is 0. The number of nitrogens with zero attached hydrogens (tertiary/aromatic N) is 2. The molecule has 0 radical (unpaired) electrons. The molecule has 0 N–H and O–H groups in total. The molecule has 130 valence electrons. The number of para-hydroxylation sites is 1. The van der Waals surface area contributed by atoms with Crippen molar-refractivity contribution in [2.45, 2.75) is 13.5 Å². The summed E-state index contributed by atoms with van der Waals surface area (Å²) in [5, 5.41) is 0. The standard InChI is InChI=1S/C22H20N2O2/c1-16-8-6-7-9-17(16)15-24-19-12-13-26-21(19)14-20(24)22(25)23(2)18-10-4-3-5-11-18/h3-14H,15H2,1-2H3. The van der Waals surface area contributed by atoms with Crippen molar-refractivity contribution in [2.24, 2.45) is 0 Å². The number of fused-ring (bicyclic) bond motifs is 1. The number of aryl methyl sites for hydroxylation is 1. The Labute approximate surface area is 152 Å². The van der Waals surface area contributed by atoms with Crippen LogP contribution in [0.4, 0.5) is 5.69 Å². The van der Waals surface area contributed by atoms with E-state index in [4.69, 9.17) is 4.42 Å². The van der Waals surface area contributed by atoms with E-state index in [0.29, 0.717) is 12.2 Å². The Morgan fingerprint density at radius 3 is 2.54 bits per heavy atom. The van der Waals surface area contributed by atoms with Crippen LogP contribution in [0.1, 0.15) is 21.6 Å². The average molecular weight is 344 g/mol. The fourth-order valence-electron chi connectivity index (χ4n) is 3.22. The first kappa shape index (κ1) is 16.2. The molecule has 4 rings (SSSR count). The van der Waals surface area contributed by atoms with Gasteiger partial charge >= 0.3 is 0 Å². The molecule has 0 saturated carbocycles. The fourth-order valence-corrected chi connectivity index (χ4v) is 3.22. The molecule has 2 aromatic heterocycles. The molecule has 2 heterocycles. The Hall–Kier alpha value is -3.27. The first-order valence-electron chi connectivity index (χ1n) is 8.59. The van der Waals surface area contributed by atoms with Gasteiger partial charge in [-0.05, 0) is 30.2 Å². The van der Waals surface area contributed by atoms with Gasteiger partial charge in [-0.15, -0.1) is 0 Å². The zero-order valence-electron chi connectivity index (χ0n) is 14.8. The van der Waals surface area contributed by atoms with Gasteiger partial charge in [0.05, 0.1) is 11.8 Å². The second-order valence-corrected chi connectivity index (χ2v) is 6.41. The zero-order valence-corrected chi connectivity index (χ0v) is 14.8. The van der Waals surface area contributed by atoms with Crippen LogP contribution in [0.15, 0.2) is 77.4 Å². The first-order chi connectivity index (χ1) is 12.6. The molecule has 0 atom stereocenters. The van der Waals surface area contributed by atoms with Gasteiger partial charge in [0, 0.05) is 31.4 Å². The van der Waals surface area contributed by atoms with Crippen molar-refractivity contribution in [1.29, 1.82) is 0 Å². The molecule has 0 aliphatic heterocycles. The van der Waals surface area contributed by atoms with E-state index in [0.717, 1.165) is 16.8 Å². The van der Waals surface area contributed by atoms with Crippen molar-refractivity contribution in [3.63, 3.8) is 0 Å². The van der Waals surface area contributed by atoms with Crippen molar-refractivity contribution < 1.29 is 9.21 Å². The Kier molecular flexibility index (Phi) is 4.09. The van der Waals surface area contributed by atoms with E-state index in [2.05, 4.69) is 19.1 Å². The lowest BCUT2D eigenvalue weighted by Gasteiger charge is -2.19. The SMILES string of the molecule is Cc1ccccc1Cn1c(C(=O)N(C)c2ccccc2)cc2occc21. The van der Waals surface area contributed by atoms with Gasteiger partial charge in [0.2, 0.25) is 0 Å². The minimum Gasteiger partial charge on any atom is -0.463 e. The van der Waals surface area contributed by atoms with Crippen molar-refractivity contribution >= 4 is 22.7 Å². The smallest absolute Gasteiger partial charge is 0.274 e. The van der Waals surface area contributed by atoms with Gasteiger partial charge in [0.15, 0.2) is 5.58 Å². The minimum atomic E-state index is -0.0591. The van der Waals surface area contributed by atoms with Gasteiger partial charge < -0.3 is 13.9 Å². The van der Waals surface area contributed by atoms with E-state index in [-0.39, 0.29) is 5.91 Å². The summed E-state index contributed by atoms with van der Waals surface area (Å²) in [4.78, 5) is 14.8. The summed E-state index contributed by atoms with van der Waals surface area (Å²) in [6, 6.07) is 21.6. The maximum Gasteiger partial charge on any atom is 0.274 e. The summed E-state index contributed by atoms with van der Waals surface area (Å²) in [5.41, 5.74) is 5.52. The largest absolute Gasteiger partial charge is 0.463 e. The van der Waals surface area contributed by atoms with E-state index in [1.54, 1.807) is 18.2 Å². The van der Waals surface area contributed by atoms with Crippen LogP contribution in [0.25, 0.3) is 11.1 Å². The number of amides is 1. The Morgan fingerprint density at radius 2 is 1.77 bits per heavy atom. The summed E-state index contributed by atoms with van der Waals surface area (Å²) in [6.07, 6.45) is 1.66. The highest BCUT2D eigenvalue weighted by Gasteiger charge is 2.21. The predicted octanol–water partition coefficient (Wildman–Crippen LogP) is 4.87. The molecule has 0 bridgehead atoms. The highest BCUT2D eigenvalue weighted by atomic mass is 16.3. The quantitative estimate of drug-likeness (QED) is 0.530. The summed E-state index contributed by atoms with van der Waals surface area (Å²) in [7, 11) is 1.80. The molecule has 4 nitrogen and oxygen atoms in total. The highest BCUT2D eigenvalue weighted by molar-refractivity contribution is 6.07. The van der Waals surface area contributed by atoms with Crippen molar-refractivity contribution in [3.8, 4) is 0 Å². The third kappa shape index (κ3) is 2.80. The van der Waals surface area contributed by atoms with Crippen LogP contribution in [-0.4, -0.2) is 17.5 Å². The molecule has 26 heavy (non-hydrogen) atoms. The van der Waals surface area contributed by atoms with Crippen LogP contribution in [0.5, 0.6) is 0 Å². The third-order valence-electron chi connectivity index (χ3n) is 4.78. The first-order valence-corrected chi connectivity index (χ1v) is 8.59. The number of rotatable bonds is 4. The lowest BCUT2D eigenvalue weighted by atomic mass is 10.1. The van der Waals surface area contributed by atoms with Crippen LogP contribution in [-0.2, 0) is 6.54 Å². The van der Waals surface area contributed by atoms with Crippen molar-refractivity contribution in [2.75, 3.05) is 11.9 Å². The summed E-state index contributed by atoms with van der Waals surface area (Å²) < 4.78 is 7.58. The van der Waals surface area contributed by atoms with Gasteiger partial charge in [0.1, 0.15) is 5.69 Å². The molecule has 0 fully saturated rings. The van der Waals surface area contributed by atoms with E-state index in [1.807, 2.05) is 59.2 Å². The molecule has 0 saturated heterocycles. The van der Waals surface area contributed by atoms with Crippen LogP contribution in [0.2, 0.25) is 0 Å². The normalized spacial score (nSPS) is 11.0. The summed E-state index contributed by atoms with van der Waals surface area (Å²) in [5.74, 6) is -0.0591. The number of benzene rings is 2. The van der Waals surface area contributed by atoms with Gasteiger partial charge in [-0.1, -0.05) is 42.5 Å². The van der Waals surface area contributed by atoms with Gasteiger partial charge in [-0.25, -0.2) is 0 Å². The molecule has 0 aliphatic carbocycles. The van der Waals surface area contributed by atoms with E-state index >= 15 is 0 Å². The minimum absolute atomic E-state index is 0.0591. The number of anilines is 1. The van der Waals surface area contributed by atoms with E-state index in [9.17, 15) is 4.79 Å². The van der Waals surface area contributed by atoms with Gasteiger partial charge in [-0.3, -0.25) is 4.79 Å². The van der Waals surface area contributed by atoms with Crippen molar-refractivity contribution in [3.05, 3.63) is 89.8 Å².